The van der Waals surface area contributed by atoms with Gasteiger partial charge in [-0.15, -0.1) is 0 Å². The van der Waals surface area contributed by atoms with Gasteiger partial charge in [0.1, 0.15) is 0 Å². The van der Waals surface area contributed by atoms with Gasteiger partial charge < -0.3 is 10.2 Å². The monoisotopic (exact) mass is 363 g/mol. The molecule has 25 heavy (non-hydrogen) atoms. The van der Waals surface area contributed by atoms with E-state index in [1.54, 1.807) is 24.3 Å². The van der Waals surface area contributed by atoms with Crippen LogP contribution >= 0.6 is 0 Å². The molecule has 3 heterocycles. The number of hydrogen-bond acceptors (Lipinski definition) is 4. The minimum Gasteiger partial charge on any atom is -0.339 e. The summed E-state index contributed by atoms with van der Waals surface area (Å²) in [6.45, 7) is 4.31. The van der Waals surface area contributed by atoms with Crippen LogP contribution in [0.15, 0.2) is 24.3 Å². The summed E-state index contributed by atoms with van der Waals surface area (Å²) in [4.78, 5) is 14.7. The molecule has 6 nitrogen and oxygen atoms in total. The minimum atomic E-state index is -3.17. The number of hydrogen-bond donors (Lipinski definition) is 1. The molecule has 0 unspecified atom stereocenters. The summed E-state index contributed by atoms with van der Waals surface area (Å²) in [5, 5.41) is 3.44. The molecular formula is C18H25N3O3S. The first kappa shape index (κ1) is 16.8. The Kier molecular flexibility index (Phi) is 4.24. The van der Waals surface area contributed by atoms with Crippen molar-refractivity contribution in [3.8, 4) is 0 Å². The second-order valence-electron chi connectivity index (χ2n) is 7.51. The largest absolute Gasteiger partial charge is 0.339 e. The van der Waals surface area contributed by atoms with Crippen molar-refractivity contribution in [2.24, 2.45) is 5.41 Å². The molecule has 0 aliphatic carbocycles. The van der Waals surface area contributed by atoms with E-state index in [0.29, 0.717) is 29.6 Å². The predicted molar refractivity (Wildman–Crippen MR) is 97.2 cm³/mol. The summed E-state index contributed by atoms with van der Waals surface area (Å²) < 4.78 is 25.4. The van der Waals surface area contributed by atoms with E-state index >= 15 is 0 Å². The molecule has 3 aliphatic heterocycles. The van der Waals surface area contributed by atoms with Gasteiger partial charge in [0.05, 0.1) is 11.4 Å². The van der Waals surface area contributed by atoms with Crippen molar-refractivity contribution in [1.29, 1.82) is 0 Å². The molecule has 1 spiro atoms. The zero-order chi connectivity index (χ0) is 17.5. The van der Waals surface area contributed by atoms with Crippen LogP contribution in [-0.2, 0) is 10.0 Å². The van der Waals surface area contributed by atoms with Gasteiger partial charge in [-0.2, -0.15) is 0 Å². The summed E-state index contributed by atoms with van der Waals surface area (Å²) in [5.41, 5.74) is 1.69. The molecule has 0 atom stereocenters. The Morgan fingerprint density at radius 2 is 1.76 bits per heavy atom. The van der Waals surface area contributed by atoms with E-state index < -0.39 is 10.0 Å². The van der Waals surface area contributed by atoms with Crippen LogP contribution in [0.4, 0.5) is 5.69 Å². The standard InChI is InChI=1S/C18H25N3O3S/c22-17(20-11-7-18(8-12-20)6-9-19-14-18)15-2-4-16(5-3-15)21-10-1-13-25(21,23)24/h2-5,19H,1,6-14H2. The highest BCUT2D eigenvalue weighted by molar-refractivity contribution is 7.93. The highest BCUT2D eigenvalue weighted by Gasteiger charge is 2.38. The molecule has 3 aliphatic rings. The normalized spacial score (nSPS) is 24.8. The molecule has 3 fully saturated rings. The second kappa shape index (κ2) is 6.29. The van der Waals surface area contributed by atoms with Gasteiger partial charge in [0.15, 0.2) is 0 Å². The minimum absolute atomic E-state index is 0.0524. The Labute approximate surface area is 149 Å². The number of sulfonamides is 1. The summed E-state index contributed by atoms with van der Waals surface area (Å²) in [7, 11) is -3.17. The van der Waals surface area contributed by atoms with Crippen molar-refractivity contribution < 1.29 is 13.2 Å². The van der Waals surface area contributed by atoms with Crippen LogP contribution in [0.25, 0.3) is 0 Å². The highest BCUT2D eigenvalue weighted by atomic mass is 32.2. The lowest BCUT2D eigenvalue weighted by Gasteiger charge is -2.39. The van der Waals surface area contributed by atoms with Crippen LogP contribution in [-0.4, -0.2) is 57.7 Å². The van der Waals surface area contributed by atoms with Gasteiger partial charge >= 0.3 is 0 Å². The van der Waals surface area contributed by atoms with Crippen LogP contribution < -0.4 is 9.62 Å². The molecule has 1 aromatic rings. The number of nitrogens with one attached hydrogen (secondary N) is 1. The molecular weight excluding hydrogens is 338 g/mol. The number of likely N-dealkylation sites (tertiary alicyclic amines) is 1. The Hall–Kier alpha value is -1.60. The number of rotatable bonds is 2. The highest BCUT2D eigenvalue weighted by Crippen LogP contribution is 2.37. The average molecular weight is 363 g/mol. The fourth-order valence-corrected chi connectivity index (χ4v) is 5.85. The first-order valence-corrected chi connectivity index (χ1v) is 10.7. The summed E-state index contributed by atoms with van der Waals surface area (Å²) in [6.07, 6.45) is 4.01. The van der Waals surface area contributed by atoms with Gasteiger partial charge in [-0.3, -0.25) is 9.10 Å². The predicted octanol–water partition coefficient (Wildman–Crippen LogP) is 1.44. The molecule has 1 aromatic carbocycles. The lowest BCUT2D eigenvalue weighted by molar-refractivity contribution is 0.0607. The van der Waals surface area contributed by atoms with Crippen molar-refractivity contribution >= 4 is 21.6 Å². The molecule has 0 bridgehead atoms. The van der Waals surface area contributed by atoms with Crippen molar-refractivity contribution in [3.05, 3.63) is 29.8 Å². The number of piperidine rings is 1. The van der Waals surface area contributed by atoms with E-state index in [2.05, 4.69) is 5.32 Å². The van der Waals surface area contributed by atoms with Crippen molar-refractivity contribution in [3.63, 3.8) is 0 Å². The maximum atomic E-state index is 12.7. The van der Waals surface area contributed by atoms with Gasteiger partial charge in [0.25, 0.3) is 5.91 Å². The van der Waals surface area contributed by atoms with E-state index in [0.717, 1.165) is 39.0 Å². The van der Waals surface area contributed by atoms with Crippen LogP contribution in [0.5, 0.6) is 0 Å². The zero-order valence-corrected chi connectivity index (χ0v) is 15.2. The van der Waals surface area contributed by atoms with Gasteiger partial charge in [-0.05, 0) is 61.9 Å². The second-order valence-corrected chi connectivity index (χ2v) is 9.52. The maximum absolute atomic E-state index is 12.7. The van der Waals surface area contributed by atoms with E-state index in [4.69, 9.17) is 0 Å². The van der Waals surface area contributed by atoms with Crippen LogP contribution in [0.3, 0.4) is 0 Å². The third kappa shape index (κ3) is 3.15. The van der Waals surface area contributed by atoms with Crippen LogP contribution in [0.1, 0.15) is 36.0 Å². The molecule has 136 valence electrons. The number of nitrogens with zero attached hydrogens (tertiary/aromatic N) is 2. The molecule has 3 saturated heterocycles. The summed E-state index contributed by atoms with van der Waals surface area (Å²) >= 11 is 0. The molecule has 1 amide bonds. The molecule has 0 aromatic heterocycles. The fraction of sp³-hybridized carbons (Fsp3) is 0.611. The number of benzene rings is 1. The maximum Gasteiger partial charge on any atom is 0.253 e. The molecule has 0 saturated carbocycles. The van der Waals surface area contributed by atoms with Gasteiger partial charge in [-0.25, -0.2) is 8.42 Å². The first-order chi connectivity index (χ1) is 12.0. The number of carbonyl (C=O) groups excluding carboxylic acids is 1. The van der Waals surface area contributed by atoms with Gasteiger partial charge in [-0.1, -0.05) is 0 Å². The van der Waals surface area contributed by atoms with Gasteiger partial charge in [0, 0.05) is 31.7 Å². The lowest BCUT2D eigenvalue weighted by Crippen LogP contribution is -2.44. The van der Waals surface area contributed by atoms with E-state index in [-0.39, 0.29) is 11.7 Å². The molecule has 4 rings (SSSR count). The Morgan fingerprint density at radius 1 is 1.04 bits per heavy atom. The molecule has 7 heteroatoms. The zero-order valence-electron chi connectivity index (χ0n) is 14.4. The molecule has 1 N–H and O–H groups in total. The summed E-state index contributed by atoms with van der Waals surface area (Å²) in [6, 6.07) is 7.02. The Bertz CT molecular complexity index is 744. The van der Waals surface area contributed by atoms with E-state index in [1.165, 1.54) is 10.7 Å². The Morgan fingerprint density at radius 3 is 2.32 bits per heavy atom. The van der Waals surface area contributed by atoms with Crippen LogP contribution in [0.2, 0.25) is 0 Å². The fourth-order valence-electron chi connectivity index (χ4n) is 4.29. The first-order valence-electron chi connectivity index (χ1n) is 9.10. The summed E-state index contributed by atoms with van der Waals surface area (Å²) in [5.74, 6) is 0.259. The average Bonchev–Trinajstić information content (AvgIpc) is 3.21. The van der Waals surface area contributed by atoms with Crippen LogP contribution in [0, 0.1) is 5.41 Å². The molecule has 0 radical (unpaired) electrons. The topological polar surface area (TPSA) is 69.7 Å². The van der Waals surface area contributed by atoms with E-state index in [9.17, 15) is 13.2 Å². The van der Waals surface area contributed by atoms with Gasteiger partial charge in [0.2, 0.25) is 10.0 Å². The number of amides is 1. The van der Waals surface area contributed by atoms with Crippen molar-refractivity contribution in [2.75, 3.05) is 42.8 Å². The smallest absolute Gasteiger partial charge is 0.253 e. The number of anilines is 1. The third-order valence-corrected chi connectivity index (χ3v) is 7.81. The van der Waals surface area contributed by atoms with E-state index in [1.807, 2.05) is 4.90 Å². The quantitative estimate of drug-likeness (QED) is 0.863. The Balaban J connectivity index is 1.43. The number of carbonyl (C=O) groups is 1. The SMILES string of the molecule is O=C(c1ccc(N2CCCS2(=O)=O)cc1)N1CCC2(CCNC2)CC1. The lowest BCUT2D eigenvalue weighted by atomic mass is 9.78. The third-order valence-electron chi connectivity index (χ3n) is 5.94. The van der Waals surface area contributed by atoms with Crippen molar-refractivity contribution in [2.45, 2.75) is 25.7 Å². The van der Waals surface area contributed by atoms with Crippen molar-refractivity contribution in [1.82, 2.24) is 10.2 Å².